The van der Waals surface area contributed by atoms with E-state index in [4.69, 9.17) is 0 Å². The number of likely N-dealkylation sites (tertiary alicyclic amines) is 1. The van der Waals surface area contributed by atoms with Gasteiger partial charge < -0.3 is 9.80 Å². The second-order valence-corrected chi connectivity index (χ2v) is 7.06. The summed E-state index contributed by atoms with van der Waals surface area (Å²) >= 11 is 0. The average molecular weight is 335 g/mol. The molecule has 1 fully saturated rings. The van der Waals surface area contributed by atoms with Crippen molar-refractivity contribution >= 4 is 6.03 Å². The highest BCUT2D eigenvalue weighted by Crippen LogP contribution is 2.31. The summed E-state index contributed by atoms with van der Waals surface area (Å²) in [7, 11) is 0. The number of aromatic nitrogens is 1. The smallest absolute Gasteiger partial charge is 0.320 e. The number of rotatable bonds is 1. The fraction of sp³-hybridized carbons (Fsp3) is 0.429. The van der Waals surface area contributed by atoms with Crippen LogP contribution < -0.4 is 0 Å². The molecule has 0 radical (unpaired) electrons. The van der Waals surface area contributed by atoms with Crippen LogP contribution in [-0.4, -0.2) is 33.9 Å². The Morgan fingerprint density at radius 3 is 2.60 bits per heavy atom. The molecular formula is C21H25N3O. The maximum atomic E-state index is 13.3. The van der Waals surface area contributed by atoms with Gasteiger partial charge in [0.25, 0.3) is 0 Å². The second-order valence-electron chi connectivity index (χ2n) is 7.06. The molecule has 1 aromatic heterocycles. The van der Waals surface area contributed by atoms with Crippen LogP contribution in [0.3, 0.4) is 0 Å². The van der Waals surface area contributed by atoms with Gasteiger partial charge in [0, 0.05) is 32.0 Å². The Hall–Kier alpha value is -2.36. The van der Waals surface area contributed by atoms with Gasteiger partial charge in [-0.25, -0.2) is 4.79 Å². The third-order valence-electron chi connectivity index (χ3n) is 5.49. The van der Waals surface area contributed by atoms with Crippen LogP contribution in [0.15, 0.2) is 48.8 Å². The third-order valence-corrected chi connectivity index (χ3v) is 5.49. The van der Waals surface area contributed by atoms with Crippen molar-refractivity contribution in [2.75, 3.05) is 13.1 Å². The van der Waals surface area contributed by atoms with E-state index in [9.17, 15) is 4.79 Å². The number of amides is 2. The molecular weight excluding hydrogens is 310 g/mol. The quantitative estimate of drug-likeness (QED) is 0.784. The molecule has 1 saturated heterocycles. The molecule has 4 nitrogen and oxygen atoms in total. The molecule has 130 valence electrons. The first-order chi connectivity index (χ1) is 12.3. The van der Waals surface area contributed by atoms with Crippen LogP contribution in [0.25, 0.3) is 0 Å². The highest BCUT2D eigenvalue weighted by Gasteiger charge is 2.31. The number of carbonyl (C=O) groups excluding carboxylic acids is 1. The number of fused-ring (bicyclic) bond motifs is 1. The zero-order valence-electron chi connectivity index (χ0n) is 14.6. The molecule has 0 bridgehead atoms. The van der Waals surface area contributed by atoms with Gasteiger partial charge in [0.15, 0.2) is 0 Å². The lowest BCUT2D eigenvalue weighted by Gasteiger charge is -2.37. The maximum Gasteiger partial charge on any atom is 0.320 e. The van der Waals surface area contributed by atoms with Crippen molar-refractivity contribution in [3.63, 3.8) is 0 Å². The van der Waals surface area contributed by atoms with Crippen molar-refractivity contribution in [2.45, 2.75) is 44.7 Å². The highest BCUT2D eigenvalue weighted by molar-refractivity contribution is 5.75. The zero-order valence-corrected chi connectivity index (χ0v) is 14.6. The Labute approximate surface area is 149 Å². The number of hydrogen-bond donors (Lipinski definition) is 0. The summed E-state index contributed by atoms with van der Waals surface area (Å²) in [6.45, 7) is 2.40. The summed E-state index contributed by atoms with van der Waals surface area (Å²) in [6, 6.07) is 13.0. The predicted octanol–water partition coefficient (Wildman–Crippen LogP) is 4.18. The standard InChI is InChI=1S/C21H25N3O/c25-21(23-15-11-17-6-3-4-7-19(17)16-23)24-14-5-1-2-8-20(24)18-9-12-22-13-10-18/h3-4,6-7,9-10,12-13,20H,1-2,5,8,11,14-16H2/t20-/m0/s1. The van der Waals surface area contributed by atoms with Gasteiger partial charge in [-0.2, -0.15) is 0 Å². The molecule has 4 rings (SSSR count). The molecule has 1 atom stereocenters. The SMILES string of the molecule is O=C(N1CCc2ccccc2C1)N1CCCCC[C@H]1c1ccncc1. The molecule has 0 unspecified atom stereocenters. The minimum Gasteiger partial charge on any atom is -0.320 e. The van der Waals surface area contributed by atoms with Crippen molar-refractivity contribution in [2.24, 2.45) is 0 Å². The summed E-state index contributed by atoms with van der Waals surface area (Å²) in [5, 5.41) is 0. The minimum absolute atomic E-state index is 0.176. The molecule has 4 heteroatoms. The van der Waals surface area contributed by atoms with Gasteiger partial charge >= 0.3 is 6.03 Å². The van der Waals surface area contributed by atoms with Gasteiger partial charge in [-0.1, -0.05) is 37.1 Å². The van der Waals surface area contributed by atoms with E-state index in [0.29, 0.717) is 0 Å². The molecule has 0 N–H and O–H groups in total. The Morgan fingerprint density at radius 2 is 1.76 bits per heavy atom. The fourth-order valence-electron chi connectivity index (χ4n) is 4.11. The predicted molar refractivity (Wildman–Crippen MR) is 98.1 cm³/mol. The summed E-state index contributed by atoms with van der Waals surface area (Å²) in [6.07, 6.45) is 9.14. The molecule has 0 aliphatic carbocycles. The molecule has 2 amide bonds. The molecule has 2 aliphatic heterocycles. The second kappa shape index (κ2) is 7.26. The van der Waals surface area contributed by atoms with Gasteiger partial charge in [0.2, 0.25) is 0 Å². The Kier molecular flexibility index (Phi) is 4.68. The summed E-state index contributed by atoms with van der Waals surface area (Å²) < 4.78 is 0. The lowest BCUT2D eigenvalue weighted by atomic mass is 9.99. The van der Waals surface area contributed by atoms with Gasteiger partial charge in [0.05, 0.1) is 6.04 Å². The van der Waals surface area contributed by atoms with Crippen molar-refractivity contribution in [3.05, 3.63) is 65.5 Å². The van der Waals surface area contributed by atoms with Crippen LogP contribution in [-0.2, 0) is 13.0 Å². The molecule has 2 aliphatic rings. The average Bonchev–Trinajstić information content (AvgIpc) is 2.94. The van der Waals surface area contributed by atoms with E-state index in [1.807, 2.05) is 17.3 Å². The van der Waals surface area contributed by atoms with E-state index >= 15 is 0 Å². The van der Waals surface area contributed by atoms with Crippen LogP contribution in [0.4, 0.5) is 4.79 Å². The van der Waals surface area contributed by atoms with Crippen molar-refractivity contribution in [1.29, 1.82) is 0 Å². The summed E-state index contributed by atoms with van der Waals surface area (Å²) in [5.41, 5.74) is 3.88. The molecule has 3 heterocycles. The Morgan fingerprint density at radius 1 is 0.960 bits per heavy atom. The first-order valence-electron chi connectivity index (χ1n) is 9.35. The normalized spacial score (nSPS) is 20.7. The lowest BCUT2D eigenvalue weighted by molar-refractivity contribution is 0.129. The number of nitrogens with zero attached hydrogens (tertiary/aromatic N) is 3. The molecule has 1 aromatic carbocycles. The van der Waals surface area contributed by atoms with Gasteiger partial charge in [0.1, 0.15) is 0 Å². The highest BCUT2D eigenvalue weighted by atomic mass is 16.2. The number of benzene rings is 1. The number of carbonyl (C=O) groups is 1. The summed E-state index contributed by atoms with van der Waals surface area (Å²) in [5.74, 6) is 0. The first kappa shape index (κ1) is 16.1. The molecule has 0 spiro atoms. The monoisotopic (exact) mass is 335 g/mol. The minimum atomic E-state index is 0.176. The van der Waals surface area contributed by atoms with Gasteiger partial charge in [-0.3, -0.25) is 4.98 Å². The van der Waals surface area contributed by atoms with Crippen LogP contribution in [0.1, 0.15) is 48.4 Å². The van der Waals surface area contributed by atoms with Crippen molar-refractivity contribution in [1.82, 2.24) is 14.8 Å². The zero-order chi connectivity index (χ0) is 17.1. The van der Waals surface area contributed by atoms with Crippen molar-refractivity contribution in [3.8, 4) is 0 Å². The maximum absolute atomic E-state index is 13.3. The van der Waals surface area contributed by atoms with E-state index < -0.39 is 0 Å². The number of hydrogen-bond acceptors (Lipinski definition) is 2. The topological polar surface area (TPSA) is 36.4 Å². The Bertz CT molecular complexity index is 731. The van der Waals surface area contributed by atoms with Crippen LogP contribution >= 0.6 is 0 Å². The van der Waals surface area contributed by atoms with Crippen LogP contribution in [0.5, 0.6) is 0 Å². The number of pyridine rings is 1. The van der Waals surface area contributed by atoms with E-state index in [1.54, 1.807) is 0 Å². The largest absolute Gasteiger partial charge is 0.320 e. The van der Waals surface area contributed by atoms with E-state index in [-0.39, 0.29) is 12.1 Å². The molecule has 0 saturated carbocycles. The van der Waals surface area contributed by atoms with E-state index in [0.717, 1.165) is 38.9 Å². The first-order valence-corrected chi connectivity index (χ1v) is 9.35. The van der Waals surface area contributed by atoms with Crippen LogP contribution in [0.2, 0.25) is 0 Å². The number of urea groups is 1. The van der Waals surface area contributed by atoms with Crippen LogP contribution in [0, 0.1) is 0 Å². The lowest BCUT2D eigenvalue weighted by Crippen LogP contribution is -2.46. The molecule has 25 heavy (non-hydrogen) atoms. The van der Waals surface area contributed by atoms with Crippen molar-refractivity contribution < 1.29 is 4.79 Å². The van der Waals surface area contributed by atoms with Gasteiger partial charge in [-0.15, -0.1) is 0 Å². The van der Waals surface area contributed by atoms with Gasteiger partial charge in [-0.05, 0) is 48.1 Å². The van der Waals surface area contributed by atoms with E-state index in [1.165, 1.54) is 29.5 Å². The molecule has 2 aromatic rings. The third kappa shape index (κ3) is 3.39. The van der Waals surface area contributed by atoms with E-state index in [2.05, 4.69) is 46.3 Å². The summed E-state index contributed by atoms with van der Waals surface area (Å²) in [4.78, 5) is 21.6. The Balaban J connectivity index is 1.57. The fourth-order valence-corrected chi connectivity index (χ4v) is 4.11.